The van der Waals surface area contributed by atoms with Crippen molar-refractivity contribution in [2.45, 2.75) is 56.4 Å². The summed E-state index contributed by atoms with van der Waals surface area (Å²) in [5.41, 5.74) is 5.22. The minimum atomic E-state index is -4.55. The summed E-state index contributed by atoms with van der Waals surface area (Å²) < 4.78 is 81.5. The number of alkyl halides is 3. The zero-order valence-electron chi connectivity index (χ0n) is 16.4. The number of rotatable bonds is 3. The van der Waals surface area contributed by atoms with Crippen molar-refractivity contribution in [3.8, 4) is 0 Å². The van der Waals surface area contributed by atoms with E-state index < -0.39 is 34.9 Å². The molecule has 2 heterocycles. The third-order valence-electron chi connectivity index (χ3n) is 6.44. The van der Waals surface area contributed by atoms with Crippen molar-refractivity contribution in [1.82, 2.24) is 19.7 Å². The van der Waals surface area contributed by atoms with Crippen LogP contribution in [0.25, 0.3) is 0 Å². The number of halogens is 7. The number of hydrogen-bond donors (Lipinski definition) is 1. The molecule has 2 N–H and O–H groups in total. The molecule has 12 heteroatoms. The minimum Gasteiger partial charge on any atom is -0.330 e. The quantitative estimate of drug-likeness (QED) is 0.549. The fourth-order valence-electron chi connectivity index (χ4n) is 4.73. The van der Waals surface area contributed by atoms with Crippen LogP contribution in [0.1, 0.15) is 42.9 Å². The highest BCUT2D eigenvalue weighted by atomic mass is 35.5. The molecular weight excluding hydrogens is 448 g/mol. The Bertz CT molecular complexity index is 939. The fraction of sp³-hybridized carbons (Fsp3) is 0.579. The van der Waals surface area contributed by atoms with E-state index in [-0.39, 0.29) is 49.5 Å². The molecule has 0 atom stereocenters. The van der Waals surface area contributed by atoms with E-state index >= 15 is 0 Å². The Morgan fingerprint density at radius 3 is 2.26 bits per heavy atom. The van der Waals surface area contributed by atoms with E-state index in [1.165, 1.54) is 0 Å². The lowest BCUT2D eigenvalue weighted by atomic mass is 9.67. The first-order chi connectivity index (χ1) is 14.1. The van der Waals surface area contributed by atoms with Crippen molar-refractivity contribution in [3.63, 3.8) is 0 Å². The zero-order valence-corrected chi connectivity index (χ0v) is 17.2. The van der Waals surface area contributed by atoms with Crippen LogP contribution in [0.5, 0.6) is 0 Å². The Labute approximate surface area is 181 Å². The third-order valence-corrected chi connectivity index (χ3v) is 6.44. The van der Waals surface area contributed by atoms with Crippen LogP contribution in [0, 0.1) is 17.5 Å². The maximum atomic E-state index is 14.4. The second-order valence-corrected chi connectivity index (χ2v) is 8.02. The number of fused-ring (bicyclic) bond motifs is 1. The molecule has 0 saturated heterocycles. The molecule has 1 aromatic carbocycles. The molecule has 172 valence electrons. The highest BCUT2D eigenvalue weighted by Crippen LogP contribution is 2.42. The second-order valence-electron chi connectivity index (χ2n) is 8.02. The molecule has 1 aliphatic heterocycles. The fourth-order valence-corrected chi connectivity index (χ4v) is 4.73. The number of nitrogens with zero attached hydrogens (tertiary/aromatic N) is 4. The van der Waals surface area contributed by atoms with Gasteiger partial charge in [0.05, 0.1) is 6.54 Å². The lowest BCUT2D eigenvalue weighted by Gasteiger charge is -2.44. The first-order valence-corrected chi connectivity index (χ1v) is 9.73. The highest BCUT2D eigenvalue weighted by Gasteiger charge is 2.42. The van der Waals surface area contributed by atoms with Crippen molar-refractivity contribution >= 4 is 12.4 Å². The van der Waals surface area contributed by atoms with Gasteiger partial charge in [-0.3, -0.25) is 4.90 Å². The third kappa shape index (κ3) is 4.27. The Morgan fingerprint density at radius 1 is 1.00 bits per heavy atom. The van der Waals surface area contributed by atoms with E-state index in [2.05, 4.69) is 10.2 Å². The van der Waals surface area contributed by atoms with Crippen LogP contribution in [-0.2, 0) is 24.7 Å². The van der Waals surface area contributed by atoms with Gasteiger partial charge in [0.2, 0.25) is 5.82 Å². The molecule has 1 aromatic heterocycles. The summed E-state index contributed by atoms with van der Waals surface area (Å²) >= 11 is 0. The first kappa shape index (κ1) is 23.8. The van der Waals surface area contributed by atoms with E-state index in [0.717, 1.165) is 10.6 Å². The van der Waals surface area contributed by atoms with Gasteiger partial charge in [0, 0.05) is 37.2 Å². The smallest absolute Gasteiger partial charge is 0.330 e. The van der Waals surface area contributed by atoms with Crippen LogP contribution >= 0.6 is 12.4 Å². The largest absolute Gasteiger partial charge is 0.451 e. The van der Waals surface area contributed by atoms with Crippen molar-refractivity contribution in [2.24, 2.45) is 5.73 Å². The Balaban J connectivity index is 0.00000272. The second kappa shape index (κ2) is 8.59. The number of hydrogen-bond acceptors (Lipinski definition) is 4. The molecule has 0 radical (unpaired) electrons. The van der Waals surface area contributed by atoms with Crippen molar-refractivity contribution in [1.29, 1.82) is 0 Å². The van der Waals surface area contributed by atoms with Crippen molar-refractivity contribution < 1.29 is 26.3 Å². The maximum absolute atomic E-state index is 14.4. The highest BCUT2D eigenvalue weighted by molar-refractivity contribution is 5.85. The molecule has 1 saturated carbocycles. The predicted molar refractivity (Wildman–Crippen MR) is 102 cm³/mol. The molecule has 2 aliphatic rings. The summed E-state index contributed by atoms with van der Waals surface area (Å²) in [4.78, 5) is 2.05. The van der Waals surface area contributed by atoms with E-state index in [1.54, 1.807) is 0 Å². The van der Waals surface area contributed by atoms with Gasteiger partial charge in [0.25, 0.3) is 0 Å². The Kier molecular flexibility index (Phi) is 6.60. The van der Waals surface area contributed by atoms with Gasteiger partial charge in [-0.25, -0.2) is 13.2 Å². The van der Waals surface area contributed by atoms with Gasteiger partial charge in [-0.15, -0.1) is 22.6 Å². The molecule has 0 unspecified atom stereocenters. The molecule has 0 bridgehead atoms. The zero-order chi connectivity index (χ0) is 21.7. The van der Waals surface area contributed by atoms with Gasteiger partial charge in [-0.05, 0) is 37.3 Å². The van der Waals surface area contributed by atoms with E-state index in [4.69, 9.17) is 5.73 Å². The van der Waals surface area contributed by atoms with Gasteiger partial charge in [-0.2, -0.15) is 13.2 Å². The monoisotopic (exact) mass is 469 g/mol. The topological polar surface area (TPSA) is 60.0 Å². The van der Waals surface area contributed by atoms with Gasteiger partial charge in [0.15, 0.2) is 11.6 Å². The van der Waals surface area contributed by atoms with Gasteiger partial charge in [0.1, 0.15) is 11.6 Å². The van der Waals surface area contributed by atoms with Gasteiger partial charge in [-0.1, -0.05) is 0 Å². The van der Waals surface area contributed by atoms with Crippen LogP contribution in [0.4, 0.5) is 26.3 Å². The number of aromatic nitrogens is 3. The lowest BCUT2D eigenvalue weighted by molar-refractivity contribution is -0.148. The lowest BCUT2D eigenvalue weighted by Crippen LogP contribution is -2.48. The van der Waals surface area contributed by atoms with Gasteiger partial charge >= 0.3 is 6.18 Å². The van der Waals surface area contributed by atoms with E-state index in [1.807, 2.05) is 4.90 Å². The molecule has 31 heavy (non-hydrogen) atoms. The summed E-state index contributed by atoms with van der Waals surface area (Å²) in [6.45, 7) is 0.870. The van der Waals surface area contributed by atoms with Crippen LogP contribution in [-0.4, -0.2) is 38.8 Å². The SMILES string of the molecule is Cl.NC[C@]1(c2cc(F)c(F)cc2F)CC[C@H](N2CCn3c(nnc3C(F)(F)F)C2)CC1. The number of benzene rings is 1. The summed E-state index contributed by atoms with van der Waals surface area (Å²) in [6, 6.07) is 1.49. The average molecular weight is 470 g/mol. The van der Waals surface area contributed by atoms with Crippen molar-refractivity contribution in [2.75, 3.05) is 13.1 Å². The molecule has 5 nitrogen and oxygen atoms in total. The standard InChI is InChI=1S/C19H21F6N5.ClH/c20-13-8-15(22)14(21)7-12(13)18(10-26)3-1-11(2-4-18)29-5-6-30-16(9-29)27-28-17(30)19(23,24)25;/h7-8,11H,1-6,9-10,26H2;1H/t11-,18-;. The van der Waals surface area contributed by atoms with Crippen molar-refractivity contribution in [3.05, 3.63) is 46.8 Å². The van der Waals surface area contributed by atoms with Gasteiger partial charge < -0.3 is 10.3 Å². The normalized spacial score (nSPS) is 24.5. The first-order valence-electron chi connectivity index (χ1n) is 9.73. The van der Waals surface area contributed by atoms with E-state index in [9.17, 15) is 26.3 Å². The average Bonchev–Trinajstić information content (AvgIpc) is 3.14. The molecular formula is C19H22ClF6N5. The molecule has 0 amide bonds. The predicted octanol–water partition coefficient (Wildman–Crippen LogP) is 3.79. The Morgan fingerprint density at radius 2 is 1.65 bits per heavy atom. The molecule has 2 aromatic rings. The summed E-state index contributed by atoms with van der Waals surface area (Å²) in [7, 11) is 0. The Hall–Kier alpha value is -1.85. The van der Waals surface area contributed by atoms with Crippen LogP contribution in [0.3, 0.4) is 0 Å². The number of nitrogens with two attached hydrogens (primary N) is 1. The van der Waals surface area contributed by atoms with Crippen LogP contribution in [0.15, 0.2) is 12.1 Å². The summed E-state index contributed by atoms with van der Waals surface area (Å²) in [6.07, 6.45) is -2.40. The van der Waals surface area contributed by atoms with E-state index in [0.29, 0.717) is 38.3 Å². The summed E-state index contributed by atoms with van der Waals surface area (Å²) in [5, 5.41) is 6.98. The van der Waals surface area contributed by atoms with Crippen LogP contribution in [0.2, 0.25) is 0 Å². The summed E-state index contributed by atoms with van der Waals surface area (Å²) in [5.74, 6) is -3.90. The molecule has 1 fully saturated rings. The molecule has 4 rings (SSSR count). The maximum Gasteiger partial charge on any atom is 0.451 e. The van der Waals surface area contributed by atoms with Crippen LogP contribution < -0.4 is 5.73 Å². The molecule has 0 spiro atoms. The molecule has 1 aliphatic carbocycles. The minimum absolute atomic E-state index is 0.